The fourth-order valence-corrected chi connectivity index (χ4v) is 3.09. The largest absolute Gasteiger partial charge is 0.300 e. The third kappa shape index (κ3) is 3.45. The van der Waals surface area contributed by atoms with E-state index in [9.17, 15) is 19.7 Å². The van der Waals surface area contributed by atoms with Crippen molar-refractivity contribution < 1.29 is 9.72 Å². The average molecular weight is 371 g/mol. The zero-order chi connectivity index (χ0) is 15.6. The van der Waals surface area contributed by atoms with Gasteiger partial charge in [-0.2, -0.15) is 0 Å². The van der Waals surface area contributed by atoms with Crippen LogP contribution < -0.4 is 5.56 Å². The van der Waals surface area contributed by atoms with Gasteiger partial charge in [0.15, 0.2) is 5.78 Å². The summed E-state index contributed by atoms with van der Waals surface area (Å²) in [6.07, 6.45) is 1.92. The number of aryl methyl sites for hydroxylation is 1. The predicted octanol–water partition coefficient (Wildman–Crippen LogP) is 3.03. The summed E-state index contributed by atoms with van der Waals surface area (Å²) in [5, 5.41) is 10.8. The highest BCUT2D eigenvalue weighted by Gasteiger charge is 2.16. The molecule has 0 aromatic carbocycles. The number of nitro groups is 1. The third-order valence-electron chi connectivity index (χ3n) is 2.84. The summed E-state index contributed by atoms with van der Waals surface area (Å²) in [4.78, 5) is 35.9. The molecule has 0 aliphatic rings. The molecule has 8 heteroatoms. The van der Waals surface area contributed by atoms with E-state index < -0.39 is 10.5 Å². The van der Waals surface area contributed by atoms with Crippen LogP contribution in [-0.2, 0) is 13.0 Å². The van der Waals surface area contributed by atoms with Crippen molar-refractivity contribution in [2.24, 2.45) is 0 Å². The SMILES string of the molecule is CCc1ccc(C(=O)Cn2cc([N+](=O)[O-])cc(Br)c2=O)s1. The molecule has 6 nitrogen and oxygen atoms in total. The van der Waals surface area contributed by atoms with E-state index in [4.69, 9.17) is 0 Å². The lowest BCUT2D eigenvalue weighted by atomic mass is 10.3. The molecule has 21 heavy (non-hydrogen) atoms. The Morgan fingerprint density at radius 1 is 1.48 bits per heavy atom. The van der Waals surface area contributed by atoms with Gasteiger partial charge in [0.05, 0.1) is 27.0 Å². The molecule has 0 spiro atoms. The summed E-state index contributed by atoms with van der Waals surface area (Å²) in [5.74, 6) is -0.241. The molecule has 0 radical (unpaired) electrons. The molecule has 0 bridgehead atoms. The number of pyridine rings is 1. The smallest absolute Gasteiger partial charge is 0.286 e. The second-order valence-electron chi connectivity index (χ2n) is 4.28. The molecule has 0 amide bonds. The summed E-state index contributed by atoms with van der Waals surface area (Å²) >= 11 is 4.35. The second kappa shape index (κ2) is 6.31. The van der Waals surface area contributed by atoms with Crippen LogP contribution in [0.1, 0.15) is 21.5 Å². The highest BCUT2D eigenvalue weighted by Crippen LogP contribution is 2.19. The van der Waals surface area contributed by atoms with Gasteiger partial charge in [0.25, 0.3) is 11.2 Å². The molecule has 2 rings (SSSR count). The summed E-state index contributed by atoms with van der Waals surface area (Å²) in [6.45, 7) is 1.77. The number of hydrogen-bond acceptors (Lipinski definition) is 5. The quantitative estimate of drug-likeness (QED) is 0.460. The van der Waals surface area contributed by atoms with Crippen LogP contribution in [0.5, 0.6) is 0 Å². The number of rotatable bonds is 5. The van der Waals surface area contributed by atoms with Crippen LogP contribution in [0.4, 0.5) is 5.69 Å². The molecule has 2 heterocycles. The number of hydrogen-bond donors (Lipinski definition) is 0. The van der Waals surface area contributed by atoms with E-state index in [1.807, 2.05) is 13.0 Å². The van der Waals surface area contributed by atoms with Gasteiger partial charge in [-0.3, -0.25) is 24.3 Å². The van der Waals surface area contributed by atoms with E-state index in [1.54, 1.807) is 6.07 Å². The van der Waals surface area contributed by atoms with Crippen LogP contribution in [0.2, 0.25) is 0 Å². The first kappa shape index (κ1) is 15.6. The summed E-state index contributed by atoms with van der Waals surface area (Å²) in [6, 6.07) is 4.71. The standard InChI is InChI=1S/C13H11BrN2O4S/c1-2-9-3-4-12(21-9)11(17)7-15-6-8(16(19)20)5-10(14)13(15)18/h3-6H,2,7H2,1H3. The number of Topliss-reactive ketones (excluding diaryl/α,β-unsaturated/α-hetero) is 1. The second-order valence-corrected chi connectivity index (χ2v) is 6.30. The minimum absolute atomic E-state index is 0.0601. The Balaban J connectivity index is 2.32. The van der Waals surface area contributed by atoms with Crippen LogP contribution in [0.15, 0.2) is 33.7 Å². The molecule has 0 saturated carbocycles. The van der Waals surface area contributed by atoms with Crippen molar-refractivity contribution in [2.75, 3.05) is 0 Å². The van der Waals surface area contributed by atoms with Gasteiger partial charge >= 0.3 is 0 Å². The predicted molar refractivity (Wildman–Crippen MR) is 83.1 cm³/mol. The van der Waals surface area contributed by atoms with Crippen molar-refractivity contribution in [1.82, 2.24) is 4.57 Å². The zero-order valence-corrected chi connectivity index (χ0v) is 13.4. The lowest BCUT2D eigenvalue weighted by molar-refractivity contribution is -0.385. The topological polar surface area (TPSA) is 82.2 Å². The van der Waals surface area contributed by atoms with Crippen molar-refractivity contribution in [3.05, 3.63) is 59.1 Å². The number of carbonyl (C=O) groups excluding carboxylic acids is 1. The van der Waals surface area contributed by atoms with Crippen LogP contribution >= 0.6 is 27.3 Å². The zero-order valence-electron chi connectivity index (χ0n) is 11.0. The van der Waals surface area contributed by atoms with E-state index in [1.165, 1.54) is 11.3 Å². The van der Waals surface area contributed by atoms with E-state index >= 15 is 0 Å². The van der Waals surface area contributed by atoms with Gasteiger partial charge in [-0.15, -0.1) is 11.3 Å². The van der Waals surface area contributed by atoms with Crippen LogP contribution in [-0.4, -0.2) is 15.3 Å². The molecular weight excluding hydrogens is 360 g/mol. The van der Waals surface area contributed by atoms with Crippen LogP contribution in [0, 0.1) is 10.1 Å². The number of nitrogens with zero attached hydrogens (tertiary/aromatic N) is 2. The van der Waals surface area contributed by atoms with Crippen LogP contribution in [0.3, 0.4) is 0 Å². The molecule has 0 fully saturated rings. The highest BCUT2D eigenvalue weighted by molar-refractivity contribution is 9.10. The fraction of sp³-hybridized carbons (Fsp3) is 0.231. The molecule has 0 unspecified atom stereocenters. The maximum atomic E-state index is 12.2. The van der Waals surface area contributed by atoms with Crippen molar-refractivity contribution in [1.29, 1.82) is 0 Å². The molecule has 2 aromatic heterocycles. The number of aromatic nitrogens is 1. The molecule has 2 aromatic rings. The van der Waals surface area contributed by atoms with Gasteiger partial charge in [-0.1, -0.05) is 6.92 Å². The maximum absolute atomic E-state index is 12.2. The van der Waals surface area contributed by atoms with E-state index in [0.29, 0.717) is 4.88 Å². The Hall–Kier alpha value is -1.80. The first-order valence-electron chi connectivity index (χ1n) is 6.08. The Morgan fingerprint density at radius 2 is 2.19 bits per heavy atom. The van der Waals surface area contributed by atoms with Gasteiger partial charge in [0, 0.05) is 10.9 Å². The summed E-state index contributed by atoms with van der Waals surface area (Å²) in [5.41, 5.74) is -0.712. The van der Waals surface area contributed by atoms with Gasteiger partial charge in [0.1, 0.15) is 0 Å². The van der Waals surface area contributed by atoms with E-state index in [2.05, 4.69) is 15.9 Å². The fourth-order valence-electron chi connectivity index (χ4n) is 1.75. The van der Waals surface area contributed by atoms with E-state index in [-0.39, 0.29) is 22.5 Å². The Morgan fingerprint density at radius 3 is 2.76 bits per heavy atom. The molecular formula is C13H11BrN2O4S. The Bertz CT molecular complexity index is 766. The molecule has 110 valence electrons. The molecule has 0 saturated heterocycles. The monoisotopic (exact) mass is 370 g/mol. The van der Waals surface area contributed by atoms with Crippen molar-refractivity contribution >= 4 is 38.7 Å². The molecule has 0 aliphatic heterocycles. The molecule has 0 atom stereocenters. The third-order valence-corrected chi connectivity index (χ3v) is 4.68. The van der Waals surface area contributed by atoms with Crippen molar-refractivity contribution in [3.63, 3.8) is 0 Å². The van der Waals surface area contributed by atoms with Gasteiger partial charge in [0.2, 0.25) is 0 Å². The maximum Gasteiger partial charge on any atom is 0.286 e. The van der Waals surface area contributed by atoms with Gasteiger partial charge in [-0.25, -0.2) is 0 Å². The average Bonchev–Trinajstić information content (AvgIpc) is 2.92. The Labute approximate surface area is 132 Å². The molecule has 0 aliphatic carbocycles. The van der Waals surface area contributed by atoms with Crippen molar-refractivity contribution in [3.8, 4) is 0 Å². The Kier molecular flexibility index (Phi) is 4.69. The molecule has 0 N–H and O–H groups in total. The first-order valence-corrected chi connectivity index (χ1v) is 7.69. The summed E-state index contributed by atoms with van der Waals surface area (Å²) in [7, 11) is 0. The number of ketones is 1. The van der Waals surface area contributed by atoms with Gasteiger partial charge in [-0.05, 0) is 34.5 Å². The first-order chi connectivity index (χ1) is 9.92. The number of thiophene rings is 1. The minimum atomic E-state index is -0.606. The van der Waals surface area contributed by atoms with E-state index in [0.717, 1.165) is 28.1 Å². The lowest BCUT2D eigenvalue weighted by Crippen LogP contribution is -2.24. The lowest BCUT2D eigenvalue weighted by Gasteiger charge is -2.04. The summed E-state index contributed by atoms with van der Waals surface area (Å²) < 4.78 is 1.11. The number of halogens is 1. The highest BCUT2D eigenvalue weighted by atomic mass is 79.9. The minimum Gasteiger partial charge on any atom is -0.300 e. The van der Waals surface area contributed by atoms with Crippen molar-refractivity contribution in [2.45, 2.75) is 19.9 Å². The number of carbonyl (C=O) groups is 1. The normalized spacial score (nSPS) is 10.6. The van der Waals surface area contributed by atoms with Gasteiger partial charge < -0.3 is 0 Å². The van der Waals surface area contributed by atoms with Crippen LogP contribution in [0.25, 0.3) is 0 Å².